The van der Waals surface area contributed by atoms with Gasteiger partial charge in [0.1, 0.15) is 30.2 Å². The average Bonchev–Trinajstić information content (AvgIpc) is 3.30. The second-order valence-corrected chi connectivity index (χ2v) is 8.83. The molecule has 1 amide bonds. The standard InChI is InChI=1S/C27H27N5O3/c28-14-20-9-8-18(15-29-20)27(34)32-12-10-19(11-13-32)30-16-21(33)17-35-25-7-3-6-24-26(25)22-4-1-2-5-23(22)31-24/h1-9,15,19,21,30-31,33H,10-13,16-17H2. The molecule has 0 saturated carbocycles. The van der Waals surface area contributed by atoms with Crippen LogP contribution in [0.1, 0.15) is 28.9 Å². The molecular formula is C27H27N5O3. The maximum absolute atomic E-state index is 12.7. The smallest absolute Gasteiger partial charge is 0.255 e. The van der Waals surface area contributed by atoms with Crippen molar-refractivity contribution in [1.29, 1.82) is 5.26 Å². The van der Waals surface area contributed by atoms with Gasteiger partial charge in [0.25, 0.3) is 5.91 Å². The van der Waals surface area contributed by atoms with Crippen LogP contribution in [-0.4, -0.2) is 64.3 Å². The Balaban J connectivity index is 1.10. The first-order valence-corrected chi connectivity index (χ1v) is 11.8. The summed E-state index contributed by atoms with van der Waals surface area (Å²) < 4.78 is 6.01. The summed E-state index contributed by atoms with van der Waals surface area (Å²) in [6.45, 7) is 1.87. The fourth-order valence-corrected chi connectivity index (χ4v) is 4.59. The number of piperidine rings is 1. The number of nitrogens with zero attached hydrogens (tertiary/aromatic N) is 3. The number of carbonyl (C=O) groups excluding carboxylic acids is 1. The Kier molecular flexibility index (Phi) is 6.62. The van der Waals surface area contributed by atoms with E-state index < -0.39 is 6.10 Å². The Morgan fingerprint density at radius 3 is 2.74 bits per heavy atom. The van der Waals surface area contributed by atoms with Gasteiger partial charge in [0, 0.05) is 48.2 Å². The number of hydrogen-bond acceptors (Lipinski definition) is 6. The van der Waals surface area contributed by atoms with Crippen molar-refractivity contribution in [1.82, 2.24) is 20.2 Å². The fourth-order valence-electron chi connectivity index (χ4n) is 4.59. The van der Waals surface area contributed by atoms with E-state index in [0.717, 1.165) is 40.4 Å². The molecule has 0 radical (unpaired) electrons. The Bertz CT molecular complexity index is 1370. The number of aliphatic hydroxyl groups is 1. The van der Waals surface area contributed by atoms with Gasteiger partial charge in [-0.05, 0) is 43.2 Å². The molecule has 0 bridgehead atoms. The average molecular weight is 470 g/mol. The molecule has 35 heavy (non-hydrogen) atoms. The zero-order valence-electron chi connectivity index (χ0n) is 19.3. The van der Waals surface area contributed by atoms with E-state index >= 15 is 0 Å². The van der Waals surface area contributed by atoms with Gasteiger partial charge in [-0.3, -0.25) is 4.79 Å². The molecule has 3 N–H and O–H groups in total. The topological polar surface area (TPSA) is 114 Å². The molecule has 2 aromatic carbocycles. The Hall–Kier alpha value is -3.93. The third-order valence-electron chi connectivity index (χ3n) is 6.47. The number of amides is 1. The monoisotopic (exact) mass is 469 g/mol. The number of aromatic nitrogens is 2. The first-order chi connectivity index (χ1) is 17.1. The van der Waals surface area contributed by atoms with Gasteiger partial charge in [-0.25, -0.2) is 4.98 Å². The SMILES string of the molecule is N#Cc1ccc(C(=O)N2CCC(NCC(O)COc3cccc4[nH]c5ccccc5c34)CC2)cn1. The minimum atomic E-state index is -0.653. The van der Waals surface area contributed by atoms with Crippen molar-refractivity contribution in [3.05, 3.63) is 72.1 Å². The second-order valence-electron chi connectivity index (χ2n) is 8.83. The van der Waals surface area contributed by atoms with Crippen molar-refractivity contribution in [2.45, 2.75) is 25.0 Å². The molecule has 3 heterocycles. The van der Waals surface area contributed by atoms with E-state index in [0.29, 0.717) is 30.9 Å². The summed E-state index contributed by atoms with van der Waals surface area (Å²) in [6.07, 6.45) is 2.41. The van der Waals surface area contributed by atoms with Crippen LogP contribution < -0.4 is 10.1 Å². The zero-order valence-corrected chi connectivity index (χ0v) is 19.3. The summed E-state index contributed by atoms with van der Waals surface area (Å²) in [5.74, 6) is 0.684. The number of nitriles is 1. The lowest BCUT2D eigenvalue weighted by atomic mass is 10.0. The van der Waals surface area contributed by atoms with E-state index in [1.165, 1.54) is 6.20 Å². The van der Waals surface area contributed by atoms with Crippen molar-refractivity contribution in [3.63, 3.8) is 0 Å². The number of ether oxygens (including phenoxy) is 1. The molecular weight excluding hydrogens is 442 g/mol. The van der Waals surface area contributed by atoms with Crippen molar-refractivity contribution < 1.29 is 14.6 Å². The predicted octanol–water partition coefficient (Wildman–Crippen LogP) is 3.22. The first kappa shape index (κ1) is 22.8. The molecule has 8 heteroatoms. The van der Waals surface area contributed by atoms with Gasteiger partial charge in [0.05, 0.1) is 11.1 Å². The minimum Gasteiger partial charge on any atom is -0.490 e. The molecule has 1 atom stereocenters. The van der Waals surface area contributed by atoms with Crippen LogP contribution in [0.2, 0.25) is 0 Å². The maximum atomic E-state index is 12.7. The molecule has 1 aliphatic rings. The molecule has 2 aromatic heterocycles. The van der Waals surface area contributed by atoms with Gasteiger partial charge in [-0.2, -0.15) is 5.26 Å². The second kappa shape index (κ2) is 10.1. The number of fused-ring (bicyclic) bond motifs is 3. The lowest BCUT2D eigenvalue weighted by Crippen LogP contribution is -2.47. The third kappa shape index (κ3) is 4.97. The predicted molar refractivity (Wildman–Crippen MR) is 133 cm³/mol. The van der Waals surface area contributed by atoms with Crippen LogP contribution in [0.3, 0.4) is 0 Å². The van der Waals surface area contributed by atoms with Gasteiger partial charge in [0.15, 0.2) is 0 Å². The summed E-state index contributed by atoms with van der Waals surface area (Å²) in [4.78, 5) is 21.9. The minimum absolute atomic E-state index is 0.0691. The van der Waals surface area contributed by atoms with Crippen molar-refractivity contribution >= 4 is 27.7 Å². The number of para-hydroxylation sites is 1. The van der Waals surface area contributed by atoms with Gasteiger partial charge in [0.2, 0.25) is 0 Å². The van der Waals surface area contributed by atoms with E-state index in [1.807, 2.05) is 47.4 Å². The van der Waals surface area contributed by atoms with E-state index in [1.54, 1.807) is 12.1 Å². The molecule has 1 aliphatic heterocycles. The summed E-state index contributed by atoms with van der Waals surface area (Å²) in [5, 5.41) is 24.9. The van der Waals surface area contributed by atoms with Crippen LogP contribution in [0, 0.1) is 11.3 Å². The van der Waals surface area contributed by atoms with Gasteiger partial charge < -0.3 is 25.0 Å². The van der Waals surface area contributed by atoms with Crippen molar-refractivity contribution in [2.75, 3.05) is 26.2 Å². The van der Waals surface area contributed by atoms with Crippen LogP contribution in [0.4, 0.5) is 0 Å². The largest absolute Gasteiger partial charge is 0.490 e. The molecule has 0 spiro atoms. The molecule has 1 saturated heterocycles. The molecule has 4 aromatic rings. The number of likely N-dealkylation sites (tertiary alicyclic amines) is 1. The fraction of sp³-hybridized carbons (Fsp3) is 0.296. The number of rotatable bonds is 7. The summed E-state index contributed by atoms with van der Waals surface area (Å²) in [6, 6.07) is 19.4. The number of aromatic amines is 1. The Morgan fingerprint density at radius 2 is 1.97 bits per heavy atom. The zero-order chi connectivity index (χ0) is 24.2. The van der Waals surface area contributed by atoms with E-state index in [9.17, 15) is 9.90 Å². The number of benzene rings is 2. The number of hydrogen-bond donors (Lipinski definition) is 3. The maximum Gasteiger partial charge on any atom is 0.255 e. The molecule has 1 unspecified atom stereocenters. The summed E-state index contributed by atoms with van der Waals surface area (Å²) in [5.41, 5.74) is 2.86. The van der Waals surface area contributed by atoms with Gasteiger partial charge >= 0.3 is 0 Å². The number of aliphatic hydroxyl groups excluding tert-OH is 1. The van der Waals surface area contributed by atoms with E-state index in [4.69, 9.17) is 10.00 Å². The normalized spacial score (nSPS) is 15.3. The summed E-state index contributed by atoms with van der Waals surface area (Å²) in [7, 11) is 0. The molecule has 8 nitrogen and oxygen atoms in total. The molecule has 0 aliphatic carbocycles. The van der Waals surface area contributed by atoms with Gasteiger partial charge in [-0.1, -0.05) is 24.3 Å². The Morgan fingerprint density at radius 1 is 1.17 bits per heavy atom. The van der Waals surface area contributed by atoms with Crippen LogP contribution in [-0.2, 0) is 0 Å². The lowest BCUT2D eigenvalue weighted by Gasteiger charge is -2.33. The van der Waals surface area contributed by atoms with Crippen LogP contribution in [0.5, 0.6) is 5.75 Å². The lowest BCUT2D eigenvalue weighted by molar-refractivity contribution is 0.0686. The summed E-state index contributed by atoms with van der Waals surface area (Å²) >= 11 is 0. The molecule has 5 rings (SSSR count). The van der Waals surface area contributed by atoms with Crippen LogP contribution in [0.25, 0.3) is 21.8 Å². The number of carbonyl (C=O) groups is 1. The van der Waals surface area contributed by atoms with Crippen LogP contribution >= 0.6 is 0 Å². The van der Waals surface area contributed by atoms with Gasteiger partial charge in [-0.15, -0.1) is 0 Å². The molecule has 178 valence electrons. The highest BCUT2D eigenvalue weighted by Crippen LogP contribution is 2.33. The quantitative estimate of drug-likeness (QED) is 0.383. The third-order valence-corrected chi connectivity index (χ3v) is 6.47. The highest BCUT2D eigenvalue weighted by molar-refractivity contribution is 6.10. The highest BCUT2D eigenvalue weighted by atomic mass is 16.5. The Labute approximate surface area is 203 Å². The van der Waals surface area contributed by atoms with E-state index in [-0.39, 0.29) is 18.6 Å². The first-order valence-electron chi connectivity index (χ1n) is 11.8. The molecule has 1 fully saturated rings. The van der Waals surface area contributed by atoms with Crippen molar-refractivity contribution in [2.24, 2.45) is 0 Å². The number of pyridine rings is 1. The van der Waals surface area contributed by atoms with Crippen LogP contribution in [0.15, 0.2) is 60.8 Å². The number of nitrogens with one attached hydrogen (secondary N) is 2. The van der Waals surface area contributed by atoms with Crippen molar-refractivity contribution in [3.8, 4) is 11.8 Å². The highest BCUT2D eigenvalue weighted by Gasteiger charge is 2.24. The number of H-pyrrole nitrogens is 1. The van der Waals surface area contributed by atoms with E-state index in [2.05, 4.69) is 21.4 Å².